The molecule has 4 N–H and O–H groups in total. The van der Waals surface area contributed by atoms with Crippen LogP contribution in [0.3, 0.4) is 0 Å². The standard InChI is InChI=1S/Ca.Mg.2H2O.Zn.4H/h;;2*1H2;;;;;/q2*+2;;;;4*-1. The third kappa shape index (κ3) is 20.8. The van der Waals surface area contributed by atoms with Gasteiger partial charge in [-0.05, 0) is 0 Å². The first-order valence-corrected chi connectivity index (χ1v) is 0. The predicted molar refractivity (Wildman–Crippen MR) is 23.2 cm³/mol. The second-order valence-corrected chi connectivity index (χ2v) is 0. The molecule has 2 nitrogen and oxygen atoms in total. The first-order chi connectivity index (χ1) is 0. The molecule has 0 aromatic rings. The summed E-state index contributed by atoms with van der Waals surface area (Å²) in [6.45, 7) is 0. The second-order valence-electron chi connectivity index (χ2n) is 0. The fourth-order valence-electron chi connectivity index (χ4n) is 0. The van der Waals surface area contributed by atoms with Crippen molar-refractivity contribution < 1.29 is 36.1 Å². The maximum absolute atomic E-state index is 0. The molecule has 0 spiro atoms. The van der Waals surface area contributed by atoms with Gasteiger partial charge in [0, 0.05) is 19.5 Å². The molecule has 0 aromatic heterocycles. The first-order valence-electron chi connectivity index (χ1n) is 0. The third-order valence-electron chi connectivity index (χ3n) is 0. The van der Waals surface area contributed by atoms with Crippen molar-refractivity contribution in [1.82, 2.24) is 0 Å². The van der Waals surface area contributed by atoms with Crippen LogP contribution in [-0.4, -0.2) is 71.7 Å². The largest absolute Gasteiger partial charge is 2.00 e. The summed E-state index contributed by atoms with van der Waals surface area (Å²) in [7, 11) is 0. The average Bonchev–Trinajstić information content (AvgIpc) is 0. The zero-order valence-electron chi connectivity index (χ0n) is 7.12. The van der Waals surface area contributed by atoms with Gasteiger partial charge in [-0.2, -0.15) is 0 Å². The maximum Gasteiger partial charge on any atom is 2.00 e. The monoisotopic (exact) mass is 168 g/mol. The van der Waals surface area contributed by atoms with Crippen LogP contribution in [0, 0.1) is 0 Å². The second kappa shape index (κ2) is 30.9. The van der Waals surface area contributed by atoms with Crippen LogP contribution in [0.2, 0.25) is 0 Å². The van der Waals surface area contributed by atoms with Crippen molar-refractivity contribution in [3.05, 3.63) is 0 Å². The van der Waals surface area contributed by atoms with Crippen molar-refractivity contribution in [3.8, 4) is 0 Å². The van der Waals surface area contributed by atoms with Crippen molar-refractivity contribution in [2.45, 2.75) is 0 Å². The van der Waals surface area contributed by atoms with Crippen LogP contribution in [0.15, 0.2) is 0 Å². The van der Waals surface area contributed by atoms with Gasteiger partial charge in [-0.15, -0.1) is 0 Å². The van der Waals surface area contributed by atoms with Crippen LogP contribution < -0.4 is 0 Å². The normalized spacial score (nSPS) is 0. The van der Waals surface area contributed by atoms with Gasteiger partial charge in [0.25, 0.3) is 0 Å². The maximum atomic E-state index is 0. The van der Waals surface area contributed by atoms with Gasteiger partial charge in [0.2, 0.25) is 0 Å². The Kier molecular flexibility index (Phi) is 305. The Bertz CT molecular complexity index is 18.5. The molecule has 0 bridgehead atoms. The molecule has 26 valence electrons. The molecule has 0 saturated carbocycles. The smallest absolute Gasteiger partial charge is 1.00 e. The van der Waals surface area contributed by atoms with Gasteiger partial charge in [0.15, 0.2) is 0 Å². The fourth-order valence-corrected chi connectivity index (χ4v) is 0. The summed E-state index contributed by atoms with van der Waals surface area (Å²) in [5.74, 6) is 0. The minimum atomic E-state index is 0. The zero-order valence-corrected chi connectivity index (χ0v) is 9.71. The van der Waals surface area contributed by atoms with E-state index in [1.807, 2.05) is 0 Å². The van der Waals surface area contributed by atoms with Gasteiger partial charge in [-0.25, -0.2) is 0 Å². The number of hydrogen-bond donors (Lipinski definition) is 0. The molecule has 0 aromatic carbocycles. The Balaban J connectivity index is 0. The topological polar surface area (TPSA) is 63.0 Å². The van der Waals surface area contributed by atoms with E-state index in [2.05, 4.69) is 0 Å². The Morgan fingerprint density at radius 1 is 1.00 bits per heavy atom. The molecule has 0 radical (unpaired) electrons. The molecule has 0 saturated heterocycles. The first kappa shape index (κ1) is 49.5. The van der Waals surface area contributed by atoms with Crippen molar-refractivity contribution in [2.24, 2.45) is 0 Å². The van der Waals surface area contributed by atoms with Gasteiger partial charge in [0.05, 0.1) is 0 Å². The molecule has 0 heterocycles. The Hall–Kier alpha value is 2.57. The molecule has 0 aliphatic heterocycles. The van der Waals surface area contributed by atoms with Crippen molar-refractivity contribution >= 4 is 60.8 Å². The minimum Gasteiger partial charge on any atom is -1.00 e. The summed E-state index contributed by atoms with van der Waals surface area (Å²) in [5.41, 5.74) is 0. The van der Waals surface area contributed by atoms with Crippen molar-refractivity contribution in [2.75, 3.05) is 0 Å². The molecular formula is H8CaMgO2Zn. The quantitative estimate of drug-likeness (QED) is 0.378. The van der Waals surface area contributed by atoms with E-state index in [-0.39, 0.29) is 96.9 Å². The van der Waals surface area contributed by atoms with Crippen molar-refractivity contribution in [1.29, 1.82) is 0 Å². The number of rotatable bonds is 0. The van der Waals surface area contributed by atoms with Gasteiger partial charge in [-0.1, -0.05) is 0 Å². The van der Waals surface area contributed by atoms with Gasteiger partial charge < -0.3 is 16.7 Å². The molecular weight excluding hydrogens is 162 g/mol. The van der Waals surface area contributed by atoms with Crippen LogP contribution in [0.4, 0.5) is 0 Å². The predicted octanol–water partition coefficient (Wildman–Crippen LogP) is -1.96. The molecule has 0 aliphatic carbocycles. The van der Waals surface area contributed by atoms with Crippen LogP contribution in [0.1, 0.15) is 5.71 Å². The Morgan fingerprint density at radius 2 is 1.00 bits per heavy atom. The van der Waals surface area contributed by atoms with Crippen LogP contribution in [0.25, 0.3) is 0 Å². The summed E-state index contributed by atoms with van der Waals surface area (Å²) in [4.78, 5) is 0. The summed E-state index contributed by atoms with van der Waals surface area (Å²) >= 11 is 0. The Morgan fingerprint density at radius 3 is 1.00 bits per heavy atom. The molecule has 5 heteroatoms. The van der Waals surface area contributed by atoms with Gasteiger partial charge in [-0.3, -0.25) is 0 Å². The summed E-state index contributed by atoms with van der Waals surface area (Å²) < 4.78 is 0. The van der Waals surface area contributed by atoms with Crippen LogP contribution >= 0.6 is 0 Å². The van der Waals surface area contributed by atoms with E-state index in [9.17, 15) is 0 Å². The summed E-state index contributed by atoms with van der Waals surface area (Å²) in [6, 6.07) is 0. The van der Waals surface area contributed by atoms with E-state index in [0.29, 0.717) is 0 Å². The number of hydrogen-bond acceptors (Lipinski definition) is 0. The van der Waals surface area contributed by atoms with Crippen molar-refractivity contribution in [3.63, 3.8) is 0 Å². The Labute approximate surface area is 95.5 Å². The molecule has 0 aliphatic rings. The van der Waals surface area contributed by atoms with E-state index in [4.69, 9.17) is 0 Å². The minimum absolute atomic E-state index is 0. The fraction of sp³-hybridized carbons (Fsp3) is 0. The van der Waals surface area contributed by atoms with E-state index in [1.165, 1.54) is 0 Å². The van der Waals surface area contributed by atoms with E-state index >= 15 is 0 Å². The molecule has 0 amide bonds. The van der Waals surface area contributed by atoms with Crippen LogP contribution in [-0.2, 0) is 19.5 Å². The van der Waals surface area contributed by atoms with E-state index in [0.717, 1.165) is 0 Å². The molecule has 0 rings (SSSR count). The van der Waals surface area contributed by atoms with Crippen LogP contribution in [0.5, 0.6) is 0 Å². The van der Waals surface area contributed by atoms with Gasteiger partial charge in [0.1, 0.15) is 0 Å². The van der Waals surface area contributed by atoms with E-state index in [1.54, 1.807) is 0 Å². The molecule has 5 heavy (non-hydrogen) atoms. The summed E-state index contributed by atoms with van der Waals surface area (Å²) in [6.07, 6.45) is 0. The van der Waals surface area contributed by atoms with E-state index < -0.39 is 0 Å². The summed E-state index contributed by atoms with van der Waals surface area (Å²) in [5, 5.41) is 0. The molecule has 0 unspecified atom stereocenters. The SMILES string of the molecule is O.O.[Ca+2].[H-].[H-].[H-].[H-].[Mg+2].[Zn]. The average molecular weight is 170 g/mol. The molecule has 0 atom stereocenters. The zero-order chi connectivity index (χ0) is 0. The molecule has 0 fully saturated rings. The van der Waals surface area contributed by atoms with Gasteiger partial charge >= 0.3 is 60.8 Å². The third-order valence-corrected chi connectivity index (χ3v) is 0.